The maximum atomic E-state index is 14.1. The second-order valence-corrected chi connectivity index (χ2v) is 8.15. The third kappa shape index (κ3) is 6.44. The lowest BCUT2D eigenvalue weighted by Gasteiger charge is -2.36. The first-order valence-electron chi connectivity index (χ1n) is 11.5. The van der Waals surface area contributed by atoms with Gasteiger partial charge >= 0.3 is 6.09 Å². The van der Waals surface area contributed by atoms with Gasteiger partial charge in [0.1, 0.15) is 5.82 Å². The van der Waals surface area contributed by atoms with Crippen molar-refractivity contribution < 1.29 is 18.7 Å². The van der Waals surface area contributed by atoms with E-state index in [1.165, 1.54) is 6.07 Å². The van der Waals surface area contributed by atoms with Crippen molar-refractivity contribution in [1.29, 1.82) is 0 Å². The van der Waals surface area contributed by atoms with Gasteiger partial charge in [-0.15, -0.1) is 12.4 Å². The molecule has 6 nitrogen and oxygen atoms in total. The van der Waals surface area contributed by atoms with Gasteiger partial charge in [-0.05, 0) is 48.9 Å². The molecule has 0 saturated carbocycles. The zero-order valence-corrected chi connectivity index (χ0v) is 20.8. The van der Waals surface area contributed by atoms with Gasteiger partial charge in [-0.2, -0.15) is 0 Å². The summed E-state index contributed by atoms with van der Waals surface area (Å²) in [6.07, 6.45) is -0.455. The number of hydrogen-bond donors (Lipinski definition) is 0. The van der Waals surface area contributed by atoms with E-state index in [1.54, 1.807) is 24.1 Å². The number of methoxy groups -OCH3 is 1. The highest BCUT2D eigenvalue weighted by Crippen LogP contribution is 2.30. The number of para-hydroxylation sites is 2. The quantitative estimate of drug-likeness (QED) is 0.423. The molecule has 4 rings (SSSR count). The molecule has 1 heterocycles. The van der Waals surface area contributed by atoms with Crippen molar-refractivity contribution >= 4 is 29.9 Å². The van der Waals surface area contributed by atoms with Gasteiger partial charge in [-0.25, -0.2) is 9.18 Å². The lowest BCUT2D eigenvalue weighted by Crippen LogP contribution is -2.46. The van der Waals surface area contributed by atoms with Crippen molar-refractivity contribution in [2.75, 3.05) is 49.6 Å². The smallest absolute Gasteiger partial charge is 0.419 e. The van der Waals surface area contributed by atoms with Crippen molar-refractivity contribution in [3.8, 4) is 11.5 Å². The van der Waals surface area contributed by atoms with Gasteiger partial charge < -0.3 is 14.4 Å². The van der Waals surface area contributed by atoms with Crippen LogP contribution in [0.4, 0.5) is 20.6 Å². The number of piperazine rings is 1. The van der Waals surface area contributed by atoms with Gasteiger partial charge in [0.2, 0.25) is 0 Å². The summed E-state index contributed by atoms with van der Waals surface area (Å²) in [6.45, 7) is 6.31. The van der Waals surface area contributed by atoms with Gasteiger partial charge in [0.15, 0.2) is 11.5 Å². The molecule has 1 amide bonds. The molecular formula is C27H31ClFN3O3. The first kappa shape index (κ1) is 26.3. The molecule has 0 radical (unpaired) electrons. The highest BCUT2D eigenvalue weighted by atomic mass is 35.5. The molecule has 35 heavy (non-hydrogen) atoms. The molecule has 0 N–H and O–H groups in total. The summed E-state index contributed by atoms with van der Waals surface area (Å²) in [4.78, 5) is 18.8. The predicted octanol–water partition coefficient (Wildman–Crippen LogP) is 5.60. The maximum absolute atomic E-state index is 14.1. The number of amides is 1. The summed E-state index contributed by atoms with van der Waals surface area (Å²) in [5.41, 5.74) is 2.50. The zero-order valence-electron chi connectivity index (χ0n) is 20.0. The number of halogens is 2. The lowest BCUT2D eigenvalue weighted by atomic mass is 10.1. The average molecular weight is 500 g/mol. The normalized spacial score (nSPS) is 13.6. The first-order chi connectivity index (χ1) is 16.6. The number of carbonyl (C=O) groups excluding carboxylic acids is 1. The summed E-state index contributed by atoms with van der Waals surface area (Å²) in [5, 5.41) is 0. The largest absolute Gasteiger partial charge is 0.493 e. The maximum Gasteiger partial charge on any atom is 0.419 e. The van der Waals surface area contributed by atoms with Gasteiger partial charge in [-0.1, -0.05) is 36.4 Å². The molecule has 0 unspecified atom stereocenters. The van der Waals surface area contributed by atoms with Crippen LogP contribution in [-0.2, 0) is 6.54 Å². The fourth-order valence-electron chi connectivity index (χ4n) is 4.18. The Hall–Kier alpha value is -3.29. The molecule has 0 bridgehead atoms. The van der Waals surface area contributed by atoms with Crippen LogP contribution in [0.25, 0.3) is 0 Å². The summed E-state index contributed by atoms with van der Waals surface area (Å²) in [7, 11) is 1.57. The number of carbonyl (C=O) groups is 1. The number of benzene rings is 3. The van der Waals surface area contributed by atoms with E-state index >= 15 is 0 Å². The van der Waals surface area contributed by atoms with E-state index in [9.17, 15) is 9.18 Å². The number of rotatable bonds is 7. The van der Waals surface area contributed by atoms with E-state index in [0.717, 1.165) is 44.0 Å². The van der Waals surface area contributed by atoms with E-state index in [4.69, 9.17) is 9.47 Å². The van der Waals surface area contributed by atoms with Crippen molar-refractivity contribution in [2.45, 2.75) is 13.5 Å². The van der Waals surface area contributed by atoms with E-state index in [-0.39, 0.29) is 18.2 Å². The van der Waals surface area contributed by atoms with E-state index in [1.807, 2.05) is 61.5 Å². The molecule has 1 aliphatic rings. The molecule has 0 spiro atoms. The van der Waals surface area contributed by atoms with E-state index in [2.05, 4.69) is 9.80 Å². The third-order valence-electron chi connectivity index (χ3n) is 6.00. The molecule has 0 aromatic heterocycles. The van der Waals surface area contributed by atoms with Gasteiger partial charge in [-0.3, -0.25) is 9.80 Å². The van der Waals surface area contributed by atoms with Gasteiger partial charge in [0.05, 0.1) is 12.8 Å². The Morgan fingerprint density at radius 2 is 1.63 bits per heavy atom. The molecule has 1 saturated heterocycles. The van der Waals surface area contributed by atoms with Crippen molar-refractivity contribution in [3.63, 3.8) is 0 Å². The number of nitrogens with zero attached hydrogens (tertiary/aromatic N) is 3. The van der Waals surface area contributed by atoms with Crippen LogP contribution in [-0.4, -0.2) is 50.8 Å². The Labute approximate surface area is 212 Å². The van der Waals surface area contributed by atoms with Gasteiger partial charge in [0, 0.05) is 45.0 Å². The number of hydrogen-bond acceptors (Lipinski definition) is 5. The van der Waals surface area contributed by atoms with Crippen molar-refractivity contribution in [2.24, 2.45) is 0 Å². The Bertz CT molecular complexity index is 1110. The molecule has 3 aromatic rings. The standard InChI is InChI=1S/C27H30FN3O3.ClH/c1-3-31(22-9-5-4-6-10-22)27(32)34-25-14-13-21(19-26(25)33-2)20-29-15-17-30(18-16-29)24-12-8-7-11-23(24)28;/h4-14,19H,3,15-18,20H2,1-2H3;1H. The van der Waals surface area contributed by atoms with Gasteiger partial charge in [0.25, 0.3) is 0 Å². The minimum atomic E-state index is -0.455. The Morgan fingerprint density at radius 1 is 0.943 bits per heavy atom. The third-order valence-corrected chi connectivity index (χ3v) is 6.00. The zero-order chi connectivity index (χ0) is 23.9. The SMILES string of the molecule is CCN(C(=O)Oc1ccc(CN2CCN(c3ccccc3F)CC2)cc1OC)c1ccccc1.Cl. The molecule has 1 fully saturated rings. The molecular weight excluding hydrogens is 469 g/mol. The summed E-state index contributed by atoms with van der Waals surface area (Å²) < 4.78 is 25.3. The summed E-state index contributed by atoms with van der Waals surface area (Å²) in [5.74, 6) is 0.717. The number of ether oxygens (including phenoxy) is 2. The second kappa shape index (κ2) is 12.4. The Balaban J connectivity index is 0.00000342. The van der Waals surface area contributed by atoms with Crippen LogP contribution < -0.4 is 19.3 Å². The second-order valence-electron chi connectivity index (χ2n) is 8.15. The molecule has 1 aliphatic heterocycles. The number of anilines is 2. The molecule has 186 valence electrons. The van der Waals surface area contributed by atoms with Crippen LogP contribution in [0.2, 0.25) is 0 Å². The van der Waals surface area contributed by atoms with Crippen LogP contribution in [0, 0.1) is 5.82 Å². The van der Waals surface area contributed by atoms with Crippen LogP contribution in [0.3, 0.4) is 0 Å². The monoisotopic (exact) mass is 499 g/mol. The fraction of sp³-hybridized carbons (Fsp3) is 0.296. The van der Waals surface area contributed by atoms with Crippen molar-refractivity contribution in [1.82, 2.24) is 4.90 Å². The fourth-order valence-corrected chi connectivity index (χ4v) is 4.18. The average Bonchev–Trinajstić information content (AvgIpc) is 2.87. The highest BCUT2D eigenvalue weighted by Gasteiger charge is 2.21. The summed E-state index contributed by atoms with van der Waals surface area (Å²) >= 11 is 0. The minimum absolute atomic E-state index is 0. The minimum Gasteiger partial charge on any atom is -0.493 e. The van der Waals surface area contributed by atoms with Crippen LogP contribution in [0.5, 0.6) is 11.5 Å². The Morgan fingerprint density at radius 3 is 2.29 bits per heavy atom. The summed E-state index contributed by atoms with van der Waals surface area (Å²) in [6, 6.07) is 22.0. The molecule has 3 aromatic carbocycles. The molecule has 0 aliphatic carbocycles. The predicted molar refractivity (Wildman–Crippen MR) is 140 cm³/mol. The van der Waals surface area contributed by atoms with E-state index in [0.29, 0.717) is 23.7 Å². The molecule has 0 atom stereocenters. The van der Waals surface area contributed by atoms with E-state index < -0.39 is 6.09 Å². The van der Waals surface area contributed by atoms with Crippen LogP contribution in [0.1, 0.15) is 12.5 Å². The first-order valence-corrected chi connectivity index (χ1v) is 11.5. The highest BCUT2D eigenvalue weighted by molar-refractivity contribution is 5.89. The lowest BCUT2D eigenvalue weighted by molar-refractivity contribution is 0.205. The topological polar surface area (TPSA) is 45.2 Å². The van der Waals surface area contributed by atoms with Crippen LogP contribution >= 0.6 is 12.4 Å². The molecule has 8 heteroatoms. The Kier molecular flexibility index (Phi) is 9.34. The van der Waals surface area contributed by atoms with Crippen molar-refractivity contribution in [3.05, 3.63) is 84.2 Å². The van der Waals surface area contributed by atoms with Crippen LogP contribution in [0.15, 0.2) is 72.8 Å².